The number of hydrogen-bond donors (Lipinski definition) is 1. The van der Waals surface area contributed by atoms with Crippen molar-refractivity contribution >= 4 is 33.0 Å². The fraction of sp³-hybridized carbons (Fsp3) is 1.00. The third kappa shape index (κ3) is 17.7. The summed E-state index contributed by atoms with van der Waals surface area (Å²) in [5.41, 5.74) is 0. The predicted molar refractivity (Wildman–Crippen MR) is 44.7 cm³/mol. The molecule has 0 amide bonds. The van der Waals surface area contributed by atoms with Gasteiger partial charge in [0.2, 0.25) is 0 Å². The first kappa shape index (κ1) is 22.4. The molecule has 0 heterocycles. The van der Waals surface area contributed by atoms with E-state index in [2.05, 4.69) is 0 Å². The minimum Gasteiger partial charge on any atom is -0.374 e. The van der Waals surface area contributed by atoms with Gasteiger partial charge in [0.05, 0.1) is 0 Å². The van der Waals surface area contributed by atoms with Crippen LogP contribution in [-0.4, -0.2) is 17.2 Å². The van der Waals surface area contributed by atoms with Gasteiger partial charge in [0.1, 0.15) is 0 Å². The van der Waals surface area contributed by atoms with Gasteiger partial charge in [-0.2, -0.15) is 0 Å². The van der Waals surface area contributed by atoms with Gasteiger partial charge in [-0.1, -0.05) is 13.8 Å². The summed E-state index contributed by atoms with van der Waals surface area (Å²) >= 11 is 0. The molecule has 0 atom stereocenters. The molecule has 1 nitrogen and oxygen atoms in total. The smallest absolute Gasteiger partial charge is 0.0245 e. The Morgan fingerprint density at radius 3 is 1.33 bits per heavy atom. The Balaban J connectivity index is -0.0000000417. The van der Waals surface area contributed by atoms with E-state index < -0.39 is 8.15 Å². The largest absolute Gasteiger partial charge is 0.374 e. The molecule has 0 bridgehead atoms. The summed E-state index contributed by atoms with van der Waals surface area (Å²) in [7, 11) is -0.576. The van der Waals surface area contributed by atoms with E-state index >= 15 is 0 Å². The second kappa shape index (κ2) is 16.3. The van der Waals surface area contributed by atoms with Gasteiger partial charge in [0, 0.05) is 28.3 Å². The van der Waals surface area contributed by atoms with Crippen molar-refractivity contribution in [1.29, 1.82) is 0 Å². The van der Waals surface area contributed by atoms with E-state index in [1.54, 1.807) is 0 Å². The zero-order chi connectivity index (χ0) is 4.99. The molecule has 5 heteroatoms. The maximum absolute atomic E-state index is 8.73. The standard InChI is InChI=1S/C4H11OP.2ClH.Ir/c1-3-6(5)4-2;;;/h5H,3-4H2,1-2H3;2*1H;. The molecule has 0 aromatic heterocycles. The molecule has 0 saturated carbocycles. The van der Waals surface area contributed by atoms with Crippen LogP contribution in [0.15, 0.2) is 0 Å². The van der Waals surface area contributed by atoms with Gasteiger partial charge in [0.15, 0.2) is 0 Å². The maximum atomic E-state index is 8.73. The average molecular weight is 371 g/mol. The number of hydrogen-bond acceptors (Lipinski definition) is 1. The fourth-order valence-corrected chi connectivity index (χ4v) is 0.671. The van der Waals surface area contributed by atoms with Crippen LogP contribution >= 0.6 is 33.0 Å². The summed E-state index contributed by atoms with van der Waals surface area (Å²) in [6, 6.07) is 0. The second-order valence-electron chi connectivity index (χ2n) is 1.14. The van der Waals surface area contributed by atoms with Gasteiger partial charge in [-0.3, -0.25) is 0 Å². The van der Waals surface area contributed by atoms with Gasteiger partial charge in [-0.05, 0) is 12.3 Å². The van der Waals surface area contributed by atoms with Gasteiger partial charge in [0.25, 0.3) is 0 Å². The Labute approximate surface area is 84.0 Å². The van der Waals surface area contributed by atoms with E-state index in [1.165, 1.54) is 0 Å². The molecule has 0 fully saturated rings. The molecule has 0 aromatic rings. The molecule has 0 aromatic carbocycles. The normalized spacial score (nSPS) is 6.67. The molecule has 0 aliphatic heterocycles. The molecule has 0 rings (SSSR count). The van der Waals surface area contributed by atoms with Crippen LogP contribution in [0.25, 0.3) is 0 Å². The molecule has 1 radical (unpaired) electrons. The van der Waals surface area contributed by atoms with Crippen LogP contribution in [0.1, 0.15) is 13.8 Å². The third-order valence-electron chi connectivity index (χ3n) is 0.730. The summed E-state index contributed by atoms with van der Waals surface area (Å²) < 4.78 is 0. The van der Waals surface area contributed by atoms with E-state index in [1.807, 2.05) is 13.8 Å². The minimum atomic E-state index is -0.576. The molecule has 63 valence electrons. The van der Waals surface area contributed by atoms with Crippen molar-refractivity contribution < 1.29 is 25.0 Å². The van der Waals surface area contributed by atoms with Crippen molar-refractivity contribution in [2.75, 3.05) is 12.3 Å². The third-order valence-corrected chi connectivity index (χ3v) is 2.19. The molecular formula is C4H13Cl2IrOP. The number of rotatable bonds is 2. The summed E-state index contributed by atoms with van der Waals surface area (Å²) in [5, 5.41) is 0. The summed E-state index contributed by atoms with van der Waals surface area (Å²) in [6.45, 7) is 4.02. The minimum absolute atomic E-state index is 0. The Hall–Kier alpha value is 1.62. The van der Waals surface area contributed by atoms with Crippen molar-refractivity contribution in [1.82, 2.24) is 0 Å². The van der Waals surface area contributed by atoms with E-state index in [4.69, 9.17) is 4.89 Å². The van der Waals surface area contributed by atoms with Crippen molar-refractivity contribution in [3.8, 4) is 0 Å². The molecular weight excluding hydrogens is 358 g/mol. The van der Waals surface area contributed by atoms with Crippen molar-refractivity contribution in [2.24, 2.45) is 0 Å². The Bertz CT molecular complexity index is 37.7. The van der Waals surface area contributed by atoms with Gasteiger partial charge >= 0.3 is 0 Å². The first-order valence-electron chi connectivity index (χ1n) is 2.25. The number of halogens is 2. The van der Waals surface area contributed by atoms with Crippen molar-refractivity contribution in [3.05, 3.63) is 0 Å². The average Bonchev–Trinajstić information content (AvgIpc) is 1.65. The molecule has 0 unspecified atom stereocenters. The van der Waals surface area contributed by atoms with Gasteiger partial charge < -0.3 is 4.89 Å². The van der Waals surface area contributed by atoms with E-state index in [0.29, 0.717) is 0 Å². The van der Waals surface area contributed by atoms with Crippen molar-refractivity contribution in [3.63, 3.8) is 0 Å². The van der Waals surface area contributed by atoms with E-state index in [9.17, 15) is 0 Å². The Kier molecular flexibility index (Phi) is 40.6. The van der Waals surface area contributed by atoms with Crippen LogP contribution in [0.4, 0.5) is 0 Å². The quantitative estimate of drug-likeness (QED) is 0.739. The summed E-state index contributed by atoms with van der Waals surface area (Å²) in [6.07, 6.45) is 1.90. The molecule has 9 heavy (non-hydrogen) atoms. The van der Waals surface area contributed by atoms with Crippen molar-refractivity contribution in [2.45, 2.75) is 13.8 Å². The van der Waals surface area contributed by atoms with Crippen LogP contribution in [0.5, 0.6) is 0 Å². The predicted octanol–water partition coefficient (Wildman–Crippen LogP) is 2.26. The summed E-state index contributed by atoms with van der Waals surface area (Å²) in [4.78, 5) is 8.73. The molecule has 0 aliphatic rings. The molecule has 0 aliphatic carbocycles. The second-order valence-corrected chi connectivity index (χ2v) is 3.42. The monoisotopic (exact) mass is 371 g/mol. The van der Waals surface area contributed by atoms with E-state index in [-0.39, 0.29) is 44.9 Å². The van der Waals surface area contributed by atoms with Gasteiger partial charge in [-0.15, -0.1) is 24.8 Å². The van der Waals surface area contributed by atoms with Gasteiger partial charge in [-0.25, -0.2) is 0 Å². The first-order valence-corrected chi connectivity index (χ1v) is 3.91. The Morgan fingerprint density at radius 2 is 1.33 bits per heavy atom. The molecule has 0 saturated heterocycles. The Morgan fingerprint density at radius 1 is 1.11 bits per heavy atom. The van der Waals surface area contributed by atoms with Crippen LogP contribution in [-0.2, 0) is 20.1 Å². The zero-order valence-corrected chi connectivity index (χ0v) is 10.4. The molecule has 0 spiro atoms. The maximum Gasteiger partial charge on any atom is 0.0245 e. The van der Waals surface area contributed by atoms with Crippen LogP contribution in [0.3, 0.4) is 0 Å². The molecule has 1 N–H and O–H groups in total. The first-order chi connectivity index (χ1) is 2.81. The van der Waals surface area contributed by atoms with E-state index in [0.717, 1.165) is 12.3 Å². The van der Waals surface area contributed by atoms with Crippen LogP contribution < -0.4 is 0 Å². The SMILES string of the molecule is CCP(O)CC.Cl.Cl.[Ir]. The topological polar surface area (TPSA) is 20.2 Å². The zero-order valence-electron chi connectivity index (χ0n) is 5.46. The van der Waals surface area contributed by atoms with Crippen LogP contribution in [0.2, 0.25) is 0 Å². The summed E-state index contributed by atoms with van der Waals surface area (Å²) in [5.74, 6) is 0. The van der Waals surface area contributed by atoms with Crippen LogP contribution in [0, 0.1) is 0 Å². The fourth-order valence-electron chi connectivity index (χ4n) is 0.224.